The molecule has 2 fully saturated rings. The van der Waals surface area contributed by atoms with Gasteiger partial charge in [-0.15, -0.1) is 24.0 Å². The second kappa shape index (κ2) is 14.8. The van der Waals surface area contributed by atoms with Crippen LogP contribution in [0, 0.1) is 5.92 Å². The lowest BCUT2D eigenvalue weighted by molar-refractivity contribution is 0.0420. The highest BCUT2D eigenvalue weighted by molar-refractivity contribution is 14.0. The molecule has 2 rings (SSSR count). The lowest BCUT2D eigenvalue weighted by Crippen LogP contribution is -2.46. The molecule has 8 heteroatoms. The molecular formula is C19H40IN5O2. The smallest absolute Gasteiger partial charge is 0.191 e. The normalized spacial score (nSPS) is 23.1. The van der Waals surface area contributed by atoms with Crippen LogP contribution in [0.5, 0.6) is 0 Å². The van der Waals surface area contributed by atoms with Crippen molar-refractivity contribution in [3.05, 3.63) is 0 Å². The zero-order valence-corrected chi connectivity index (χ0v) is 19.7. The molecule has 27 heavy (non-hydrogen) atoms. The van der Waals surface area contributed by atoms with Gasteiger partial charge in [-0.3, -0.25) is 4.99 Å². The van der Waals surface area contributed by atoms with Crippen molar-refractivity contribution in [2.75, 3.05) is 79.2 Å². The topological polar surface area (TPSA) is 61.4 Å². The van der Waals surface area contributed by atoms with Crippen molar-refractivity contribution < 1.29 is 9.47 Å². The van der Waals surface area contributed by atoms with Gasteiger partial charge in [-0.2, -0.15) is 0 Å². The van der Waals surface area contributed by atoms with Crippen LogP contribution < -0.4 is 10.6 Å². The molecule has 2 unspecified atom stereocenters. The van der Waals surface area contributed by atoms with Gasteiger partial charge in [0.05, 0.1) is 12.7 Å². The number of rotatable bonds is 10. The van der Waals surface area contributed by atoms with Crippen LogP contribution in [-0.4, -0.2) is 101 Å². The molecule has 0 spiro atoms. The van der Waals surface area contributed by atoms with Crippen LogP contribution in [0.4, 0.5) is 0 Å². The second-order valence-electron chi connectivity index (χ2n) is 7.57. The maximum absolute atomic E-state index is 5.80. The molecule has 0 radical (unpaired) electrons. The quantitative estimate of drug-likeness (QED) is 0.205. The molecule has 160 valence electrons. The van der Waals surface area contributed by atoms with Gasteiger partial charge in [0.1, 0.15) is 0 Å². The van der Waals surface area contributed by atoms with E-state index in [2.05, 4.69) is 41.3 Å². The standard InChI is InChI=1S/C19H39N5O2.HI/c1-4-20-19(21-7-5-12-26-18-6-13-25-16-18)22-14-17(2)15-24-10-8-23(3)9-11-24;/h17-18H,4-16H2,1-3H3,(H2,20,21,22);1H. The zero-order chi connectivity index (χ0) is 18.6. The number of likely N-dealkylation sites (N-methyl/N-ethyl adjacent to an activating group) is 1. The number of halogens is 1. The first-order valence-corrected chi connectivity index (χ1v) is 10.3. The van der Waals surface area contributed by atoms with Crippen molar-refractivity contribution in [2.45, 2.75) is 32.8 Å². The van der Waals surface area contributed by atoms with Crippen LogP contribution in [-0.2, 0) is 9.47 Å². The fourth-order valence-corrected chi connectivity index (χ4v) is 3.29. The Bertz CT molecular complexity index is 400. The largest absolute Gasteiger partial charge is 0.379 e. The molecule has 2 N–H and O–H groups in total. The maximum atomic E-state index is 5.80. The third-order valence-electron chi connectivity index (χ3n) is 4.93. The average Bonchev–Trinajstić information content (AvgIpc) is 3.15. The lowest BCUT2D eigenvalue weighted by atomic mass is 10.1. The van der Waals surface area contributed by atoms with E-state index in [0.29, 0.717) is 12.0 Å². The van der Waals surface area contributed by atoms with Crippen molar-refractivity contribution in [3.63, 3.8) is 0 Å². The van der Waals surface area contributed by atoms with Crippen LogP contribution in [0.15, 0.2) is 4.99 Å². The van der Waals surface area contributed by atoms with Gasteiger partial charge in [0.25, 0.3) is 0 Å². The van der Waals surface area contributed by atoms with Gasteiger partial charge in [0, 0.05) is 65.6 Å². The molecule has 2 atom stereocenters. The first-order valence-electron chi connectivity index (χ1n) is 10.3. The minimum Gasteiger partial charge on any atom is -0.379 e. The van der Waals surface area contributed by atoms with Gasteiger partial charge in [0.15, 0.2) is 5.96 Å². The Hall–Kier alpha value is -0.160. The number of piperazine rings is 1. The second-order valence-corrected chi connectivity index (χ2v) is 7.57. The average molecular weight is 497 g/mol. The van der Waals surface area contributed by atoms with Gasteiger partial charge >= 0.3 is 0 Å². The predicted molar refractivity (Wildman–Crippen MR) is 122 cm³/mol. The van der Waals surface area contributed by atoms with Crippen molar-refractivity contribution in [2.24, 2.45) is 10.9 Å². The number of hydrogen-bond acceptors (Lipinski definition) is 5. The number of hydrogen-bond donors (Lipinski definition) is 2. The predicted octanol–water partition coefficient (Wildman–Crippen LogP) is 1.24. The van der Waals surface area contributed by atoms with Gasteiger partial charge in [0.2, 0.25) is 0 Å². The minimum atomic E-state index is 0. The molecule has 0 amide bonds. The van der Waals surface area contributed by atoms with Crippen LogP contribution >= 0.6 is 24.0 Å². The Morgan fingerprint density at radius 3 is 2.70 bits per heavy atom. The molecule has 7 nitrogen and oxygen atoms in total. The summed E-state index contributed by atoms with van der Waals surface area (Å²) in [5, 5.41) is 6.76. The fraction of sp³-hybridized carbons (Fsp3) is 0.947. The Labute approximate surface area is 182 Å². The van der Waals surface area contributed by atoms with E-state index in [4.69, 9.17) is 14.5 Å². The Balaban J connectivity index is 0.00000364. The Kier molecular flexibility index (Phi) is 13.6. The summed E-state index contributed by atoms with van der Waals surface area (Å²) in [6.07, 6.45) is 2.31. The first kappa shape index (κ1) is 24.9. The number of guanidine groups is 1. The highest BCUT2D eigenvalue weighted by Crippen LogP contribution is 2.08. The van der Waals surface area contributed by atoms with E-state index in [-0.39, 0.29) is 24.0 Å². The molecule has 2 aliphatic heterocycles. The van der Waals surface area contributed by atoms with Crippen molar-refractivity contribution in [1.82, 2.24) is 20.4 Å². The number of ether oxygens (including phenoxy) is 2. The van der Waals surface area contributed by atoms with Gasteiger partial charge in [-0.1, -0.05) is 6.92 Å². The van der Waals surface area contributed by atoms with Crippen LogP contribution in [0.2, 0.25) is 0 Å². The number of nitrogens with zero attached hydrogens (tertiary/aromatic N) is 3. The van der Waals surface area contributed by atoms with E-state index in [1.165, 1.54) is 26.2 Å². The highest BCUT2D eigenvalue weighted by atomic mass is 127. The van der Waals surface area contributed by atoms with E-state index in [1.807, 2.05) is 0 Å². The lowest BCUT2D eigenvalue weighted by Gasteiger charge is -2.33. The van der Waals surface area contributed by atoms with E-state index < -0.39 is 0 Å². The summed E-state index contributed by atoms with van der Waals surface area (Å²) >= 11 is 0. The molecule has 0 aromatic heterocycles. The first-order chi connectivity index (χ1) is 12.7. The number of aliphatic imine (C=N–C) groups is 1. The van der Waals surface area contributed by atoms with Gasteiger partial charge in [-0.05, 0) is 32.7 Å². The molecule has 0 aliphatic carbocycles. The summed E-state index contributed by atoms with van der Waals surface area (Å²) in [6, 6.07) is 0. The van der Waals surface area contributed by atoms with Crippen LogP contribution in [0.25, 0.3) is 0 Å². The molecule has 0 saturated carbocycles. The minimum absolute atomic E-state index is 0. The van der Waals surface area contributed by atoms with Gasteiger partial charge < -0.3 is 29.9 Å². The molecule has 0 bridgehead atoms. The third kappa shape index (κ3) is 10.8. The molecule has 0 aromatic rings. The monoisotopic (exact) mass is 497 g/mol. The molecule has 2 saturated heterocycles. The van der Waals surface area contributed by atoms with E-state index in [9.17, 15) is 0 Å². The SMILES string of the molecule is CCNC(=NCC(C)CN1CCN(C)CC1)NCCCOC1CCOC1.I. The summed E-state index contributed by atoms with van der Waals surface area (Å²) in [5.74, 6) is 1.49. The number of nitrogens with one attached hydrogen (secondary N) is 2. The van der Waals surface area contributed by atoms with Crippen molar-refractivity contribution in [3.8, 4) is 0 Å². The van der Waals surface area contributed by atoms with Crippen molar-refractivity contribution >= 4 is 29.9 Å². The molecule has 2 aliphatic rings. The van der Waals surface area contributed by atoms with Crippen LogP contribution in [0.3, 0.4) is 0 Å². The summed E-state index contributed by atoms with van der Waals surface area (Å²) in [7, 11) is 2.20. The van der Waals surface area contributed by atoms with E-state index in [0.717, 1.165) is 64.8 Å². The third-order valence-corrected chi connectivity index (χ3v) is 4.93. The van der Waals surface area contributed by atoms with E-state index >= 15 is 0 Å². The Morgan fingerprint density at radius 2 is 2.04 bits per heavy atom. The highest BCUT2D eigenvalue weighted by Gasteiger charge is 2.16. The van der Waals surface area contributed by atoms with Crippen molar-refractivity contribution in [1.29, 1.82) is 0 Å². The summed E-state index contributed by atoms with van der Waals surface area (Å²) in [5.41, 5.74) is 0. The summed E-state index contributed by atoms with van der Waals surface area (Å²) < 4.78 is 11.1. The maximum Gasteiger partial charge on any atom is 0.191 e. The zero-order valence-electron chi connectivity index (χ0n) is 17.4. The van der Waals surface area contributed by atoms with Crippen LogP contribution in [0.1, 0.15) is 26.7 Å². The van der Waals surface area contributed by atoms with Gasteiger partial charge in [-0.25, -0.2) is 0 Å². The summed E-state index contributed by atoms with van der Waals surface area (Å²) in [6.45, 7) is 15.2. The molecule has 0 aromatic carbocycles. The summed E-state index contributed by atoms with van der Waals surface area (Å²) in [4.78, 5) is 9.72. The molecule has 2 heterocycles. The molecular weight excluding hydrogens is 457 g/mol. The fourth-order valence-electron chi connectivity index (χ4n) is 3.29. The van der Waals surface area contributed by atoms with E-state index in [1.54, 1.807) is 0 Å². The Morgan fingerprint density at radius 1 is 1.26 bits per heavy atom.